The first-order valence-corrected chi connectivity index (χ1v) is 9.11. The second-order valence-corrected chi connectivity index (χ2v) is 7.42. The van der Waals surface area contributed by atoms with Crippen LogP contribution in [0.5, 0.6) is 0 Å². The molecule has 0 saturated carbocycles. The van der Waals surface area contributed by atoms with Crippen LogP contribution < -0.4 is 5.73 Å². The molecule has 1 atom stereocenters. The first-order chi connectivity index (χ1) is 8.80. The molecule has 0 fully saturated rings. The molecule has 0 heterocycles. The third-order valence-corrected chi connectivity index (χ3v) is 4.23. The van der Waals surface area contributed by atoms with Crippen LogP contribution in [0.25, 0.3) is 0 Å². The Morgan fingerprint density at radius 2 is 1.58 bits per heavy atom. The molecule has 0 aliphatic rings. The van der Waals surface area contributed by atoms with Crippen LogP contribution in [0.2, 0.25) is 0 Å². The third-order valence-electron chi connectivity index (χ3n) is 2.93. The zero-order chi connectivity index (χ0) is 14.9. The second kappa shape index (κ2) is 9.89. The van der Waals surface area contributed by atoms with Gasteiger partial charge in [0, 0.05) is 25.3 Å². The van der Waals surface area contributed by atoms with Gasteiger partial charge in [0.25, 0.3) is 0 Å². The van der Waals surface area contributed by atoms with Crippen molar-refractivity contribution in [1.82, 2.24) is 4.90 Å². The van der Waals surface area contributed by atoms with E-state index in [1.165, 1.54) is 6.66 Å². The highest BCUT2D eigenvalue weighted by atomic mass is 31.2. The van der Waals surface area contributed by atoms with E-state index in [9.17, 15) is 4.57 Å². The van der Waals surface area contributed by atoms with Crippen molar-refractivity contribution in [3.63, 3.8) is 0 Å². The Bertz CT molecular complexity index is 265. The average Bonchev–Trinajstić information content (AvgIpc) is 2.29. The van der Waals surface area contributed by atoms with Gasteiger partial charge in [-0.05, 0) is 47.1 Å². The normalized spacial score (nSPS) is 15.4. The average molecular weight is 294 g/mol. The van der Waals surface area contributed by atoms with Gasteiger partial charge in [-0.3, -0.25) is 9.46 Å². The van der Waals surface area contributed by atoms with E-state index in [0.717, 1.165) is 19.4 Å². The molecule has 116 valence electrons. The molecule has 19 heavy (non-hydrogen) atoms. The van der Waals surface area contributed by atoms with E-state index in [1.54, 1.807) is 0 Å². The van der Waals surface area contributed by atoms with Crippen molar-refractivity contribution in [2.45, 2.75) is 52.6 Å². The van der Waals surface area contributed by atoms with E-state index < -0.39 is 7.60 Å². The van der Waals surface area contributed by atoms with Gasteiger partial charge in [-0.25, -0.2) is 0 Å². The summed E-state index contributed by atoms with van der Waals surface area (Å²) in [7, 11) is -2.92. The maximum atomic E-state index is 12.0. The summed E-state index contributed by atoms with van der Waals surface area (Å²) in [5.41, 5.74) is 5.39. The van der Waals surface area contributed by atoms with Crippen LogP contribution in [-0.4, -0.2) is 50.0 Å². The molecule has 0 saturated heterocycles. The lowest BCUT2D eigenvalue weighted by Crippen LogP contribution is -2.39. The molecule has 6 heteroatoms. The van der Waals surface area contributed by atoms with Crippen molar-refractivity contribution in [2.24, 2.45) is 5.73 Å². The SMILES string of the molecule is CC(C)N(CCOP(C)(=O)OCCCCN)C(C)C. The van der Waals surface area contributed by atoms with Crippen LogP contribution in [0.15, 0.2) is 0 Å². The number of hydrogen-bond acceptors (Lipinski definition) is 5. The summed E-state index contributed by atoms with van der Waals surface area (Å²) in [6.07, 6.45) is 1.70. The van der Waals surface area contributed by atoms with Crippen LogP contribution in [0.3, 0.4) is 0 Å². The van der Waals surface area contributed by atoms with Gasteiger partial charge in [-0.15, -0.1) is 0 Å². The largest absolute Gasteiger partial charge is 0.330 e. The number of rotatable bonds is 11. The summed E-state index contributed by atoms with van der Waals surface area (Å²) in [5, 5.41) is 0. The molecular weight excluding hydrogens is 263 g/mol. The van der Waals surface area contributed by atoms with Gasteiger partial charge in [-0.1, -0.05) is 0 Å². The molecule has 0 aromatic carbocycles. The van der Waals surface area contributed by atoms with Crippen LogP contribution >= 0.6 is 7.60 Å². The van der Waals surface area contributed by atoms with Crippen molar-refractivity contribution in [2.75, 3.05) is 33.0 Å². The summed E-state index contributed by atoms with van der Waals surface area (Å²) in [5.74, 6) is 0. The molecule has 0 bridgehead atoms. The Morgan fingerprint density at radius 3 is 2.05 bits per heavy atom. The molecule has 0 rings (SSSR count). The summed E-state index contributed by atoms with van der Waals surface area (Å²) < 4.78 is 22.7. The monoisotopic (exact) mass is 294 g/mol. The minimum atomic E-state index is -2.92. The highest BCUT2D eigenvalue weighted by molar-refractivity contribution is 7.52. The molecule has 1 unspecified atom stereocenters. The van der Waals surface area contributed by atoms with E-state index in [0.29, 0.717) is 31.8 Å². The van der Waals surface area contributed by atoms with Crippen molar-refractivity contribution < 1.29 is 13.6 Å². The van der Waals surface area contributed by atoms with E-state index >= 15 is 0 Å². The highest BCUT2D eigenvalue weighted by Crippen LogP contribution is 2.43. The van der Waals surface area contributed by atoms with Gasteiger partial charge < -0.3 is 14.8 Å². The molecule has 2 N–H and O–H groups in total. The lowest BCUT2D eigenvalue weighted by molar-refractivity contribution is 0.128. The molecular formula is C13H31N2O3P. The summed E-state index contributed by atoms with van der Waals surface area (Å²) >= 11 is 0. The van der Waals surface area contributed by atoms with Gasteiger partial charge >= 0.3 is 7.60 Å². The number of unbranched alkanes of at least 4 members (excludes halogenated alkanes) is 1. The molecule has 0 amide bonds. The Balaban J connectivity index is 3.93. The lowest BCUT2D eigenvalue weighted by atomic mass is 10.2. The maximum Gasteiger partial charge on any atom is 0.327 e. The van der Waals surface area contributed by atoms with Gasteiger partial charge in [0.05, 0.1) is 13.2 Å². The Morgan fingerprint density at radius 1 is 1.05 bits per heavy atom. The van der Waals surface area contributed by atoms with Crippen LogP contribution in [0.4, 0.5) is 0 Å². The standard InChI is InChI=1S/C13H31N2O3P/c1-12(2)15(13(3)4)9-11-18-19(5,16)17-10-7-6-8-14/h12-13H,6-11,14H2,1-5H3. The number of hydrogen-bond donors (Lipinski definition) is 1. The molecule has 0 aromatic rings. The van der Waals surface area contributed by atoms with Crippen molar-refractivity contribution in [3.8, 4) is 0 Å². The van der Waals surface area contributed by atoms with Crippen LogP contribution in [-0.2, 0) is 13.6 Å². The Kier molecular flexibility index (Phi) is 9.93. The van der Waals surface area contributed by atoms with Crippen molar-refractivity contribution in [3.05, 3.63) is 0 Å². The van der Waals surface area contributed by atoms with E-state index in [2.05, 4.69) is 32.6 Å². The molecule has 0 spiro atoms. The van der Waals surface area contributed by atoms with E-state index in [1.807, 2.05) is 0 Å². The van der Waals surface area contributed by atoms with Crippen LogP contribution in [0.1, 0.15) is 40.5 Å². The topological polar surface area (TPSA) is 64.8 Å². The van der Waals surface area contributed by atoms with Gasteiger partial charge in [0.1, 0.15) is 0 Å². The molecule has 0 aliphatic heterocycles. The minimum Gasteiger partial charge on any atom is -0.330 e. The highest BCUT2D eigenvalue weighted by Gasteiger charge is 2.19. The summed E-state index contributed by atoms with van der Waals surface area (Å²) in [6, 6.07) is 0.899. The third kappa shape index (κ3) is 9.58. The zero-order valence-corrected chi connectivity index (χ0v) is 14.0. The first-order valence-electron chi connectivity index (χ1n) is 7.12. The predicted molar refractivity (Wildman–Crippen MR) is 80.7 cm³/mol. The van der Waals surface area contributed by atoms with Crippen molar-refractivity contribution >= 4 is 7.60 Å². The summed E-state index contributed by atoms with van der Waals surface area (Å²) in [6.45, 7) is 12.4. The second-order valence-electron chi connectivity index (χ2n) is 5.36. The smallest absolute Gasteiger partial charge is 0.327 e. The quantitative estimate of drug-likeness (QED) is 0.469. The predicted octanol–water partition coefficient (Wildman–Crippen LogP) is 2.70. The van der Waals surface area contributed by atoms with Gasteiger partial charge in [0.2, 0.25) is 0 Å². The van der Waals surface area contributed by atoms with E-state index in [4.69, 9.17) is 14.8 Å². The Labute approximate surface area is 118 Å². The van der Waals surface area contributed by atoms with E-state index in [-0.39, 0.29) is 0 Å². The van der Waals surface area contributed by atoms with Gasteiger partial charge in [-0.2, -0.15) is 0 Å². The minimum absolute atomic E-state index is 0.432. The fourth-order valence-corrected chi connectivity index (χ4v) is 2.89. The lowest BCUT2D eigenvalue weighted by Gasteiger charge is -2.30. The number of nitrogens with two attached hydrogens (primary N) is 1. The molecule has 5 nitrogen and oxygen atoms in total. The number of nitrogens with zero attached hydrogens (tertiary/aromatic N) is 1. The first kappa shape index (κ1) is 19.1. The Hall–Kier alpha value is 0.0700. The fourth-order valence-electron chi connectivity index (χ4n) is 1.94. The fraction of sp³-hybridized carbons (Fsp3) is 1.00. The molecule has 0 radical (unpaired) electrons. The summed E-state index contributed by atoms with van der Waals surface area (Å²) in [4.78, 5) is 2.30. The van der Waals surface area contributed by atoms with Gasteiger partial charge in [0.15, 0.2) is 0 Å². The zero-order valence-electron chi connectivity index (χ0n) is 13.1. The van der Waals surface area contributed by atoms with Crippen molar-refractivity contribution in [1.29, 1.82) is 0 Å². The molecule has 0 aromatic heterocycles. The van der Waals surface area contributed by atoms with Crippen LogP contribution in [0, 0.1) is 0 Å². The molecule has 0 aliphatic carbocycles. The maximum absolute atomic E-state index is 12.0.